The molecule has 190 valence electrons. The number of pyridine rings is 1. The summed E-state index contributed by atoms with van der Waals surface area (Å²) in [6.45, 7) is 2.05. The van der Waals surface area contributed by atoms with Crippen molar-refractivity contribution in [3.8, 4) is 11.4 Å². The second kappa shape index (κ2) is 11.9. The van der Waals surface area contributed by atoms with Gasteiger partial charge in [0.15, 0.2) is 5.82 Å². The molecule has 1 amide bonds. The summed E-state index contributed by atoms with van der Waals surface area (Å²) in [6.07, 6.45) is -1.90. The molecule has 14 heteroatoms. The number of aliphatic carboxylic acids is 1. The Labute approximate surface area is 203 Å². The van der Waals surface area contributed by atoms with Gasteiger partial charge in [0.25, 0.3) is 0 Å². The maximum atomic E-state index is 12.2. The molecule has 1 aliphatic rings. The Bertz CT molecular complexity index is 1210. The monoisotopic (exact) mass is 504 g/mol. The van der Waals surface area contributed by atoms with Crippen LogP contribution in [0.5, 0.6) is 0 Å². The fourth-order valence-corrected chi connectivity index (χ4v) is 3.10. The van der Waals surface area contributed by atoms with E-state index in [1.807, 2.05) is 48.3 Å². The van der Waals surface area contributed by atoms with Gasteiger partial charge in [0.05, 0.1) is 6.54 Å². The van der Waals surface area contributed by atoms with Crippen molar-refractivity contribution in [3.63, 3.8) is 0 Å². The molecule has 0 fully saturated rings. The third-order valence-corrected chi connectivity index (χ3v) is 4.63. The van der Waals surface area contributed by atoms with E-state index < -0.39 is 12.1 Å². The van der Waals surface area contributed by atoms with Gasteiger partial charge < -0.3 is 21.1 Å². The van der Waals surface area contributed by atoms with Crippen molar-refractivity contribution < 1.29 is 27.9 Å². The van der Waals surface area contributed by atoms with Crippen molar-refractivity contribution in [2.45, 2.75) is 12.7 Å². The highest BCUT2D eigenvalue weighted by molar-refractivity contribution is 5.78. The molecule has 4 rings (SSSR count). The minimum absolute atomic E-state index is 0.0148. The number of amides is 1. The molecular weight excluding hydrogens is 481 g/mol. The van der Waals surface area contributed by atoms with E-state index in [-0.39, 0.29) is 5.91 Å². The number of nitrogens with one attached hydrogen (secondary N) is 3. The first-order chi connectivity index (χ1) is 17.1. The van der Waals surface area contributed by atoms with E-state index in [2.05, 4.69) is 35.9 Å². The zero-order chi connectivity index (χ0) is 26.1. The third kappa shape index (κ3) is 8.16. The number of anilines is 3. The van der Waals surface area contributed by atoms with E-state index in [9.17, 15) is 18.0 Å². The van der Waals surface area contributed by atoms with Crippen LogP contribution < -0.4 is 16.0 Å². The summed E-state index contributed by atoms with van der Waals surface area (Å²) in [7, 11) is 1.92. The average Bonchev–Trinajstić information content (AvgIpc) is 2.82. The molecule has 0 atom stereocenters. The largest absolute Gasteiger partial charge is 0.490 e. The van der Waals surface area contributed by atoms with Crippen LogP contribution in [0.3, 0.4) is 0 Å². The van der Waals surface area contributed by atoms with Crippen molar-refractivity contribution in [2.24, 2.45) is 0 Å². The predicted molar refractivity (Wildman–Crippen MR) is 124 cm³/mol. The van der Waals surface area contributed by atoms with Crippen LogP contribution >= 0.6 is 0 Å². The molecule has 4 N–H and O–H groups in total. The SMILES string of the molecule is CN1CC(=O)NCCNc2cc(ccn2)-c2ncnc(n2)Nc2cccc(c2)C1.O=C(O)C(F)(F)F. The number of carbonyl (C=O) groups excluding carboxylic acids is 1. The number of rotatable bonds is 0. The first-order valence-corrected chi connectivity index (χ1v) is 10.6. The van der Waals surface area contributed by atoms with Crippen LogP contribution in [0.25, 0.3) is 11.4 Å². The minimum atomic E-state index is -5.08. The van der Waals surface area contributed by atoms with Crippen molar-refractivity contribution in [2.75, 3.05) is 37.3 Å². The molecule has 0 radical (unpaired) electrons. The van der Waals surface area contributed by atoms with Crippen LogP contribution in [0.2, 0.25) is 0 Å². The van der Waals surface area contributed by atoms with E-state index >= 15 is 0 Å². The van der Waals surface area contributed by atoms with Gasteiger partial charge in [0.2, 0.25) is 11.9 Å². The third-order valence-electron chi connectivity index (χ3n) is 4.63. The number of alkyl halides is 3. The summed E-state index contributed by atoms with van der Waals surface area (Å²) in [4.78, 5) is 40.4. The van der Waals surface area contributed by atoms with Crippen LogP contribution in [-0.2, 0) is 16.1 Å². The van der Waals surface area contributed by atoms with E-state index in [4.69, 9.17) is 9.90 Å². The van der Waals surface area contributed by atoms with Gasteiger partial charge in [-0.25, -0.2) is 19.7 Å². The maximum absolute atomic E-state index is 12.2. The minimum Gasteiger partial charge on any atom is -0.475 e. The molecule has 0 unspecified atom stereocenters. The second-order valence-electron chi connectivity index (χ2n) is 7.64. The zero-order valence-electron chi connectivity index (χ0n) is 19.1. The first kappa shape index (κ1) is 26.3. The summed E-state index contributed by atoms with van der Waals surface area (Å²) in [6, 6.07) is 11.7. The lowest BCUT2D eigenvalue weighted by atomic mass is 10.2. The topological polar surface area (TPSA) is 145 Å². The normalized spacial score (nSPS) is 14.5. The number of fused-ring (bicyclic) bond motifs is 7. The number of carbonyl (C=O) groups is 2. The Morgan fingerprint density at radius 3 is 2.56 bits per heavy atom. The fraction of sp³-hybridized carbons (Fsp3) is 0.273. The van der Waals surface area contributed by atoms with Gasteiger partial charge in [-0.05, 0) is 36.9 Å². The lowest BCUT2D eigenvalue weighted by molar-refractivity contribution is -0.192. The molecule has 2 aromatic heterocycles. The van der Waals surface area contributed by atoms with E-state index in [0.29, 0.717) is 43.8 Å². The molecule has 3 aromatic rings. The standard InChI is InChI=1S/C20H22N8O.C2HF3O2/c1-28-11-14-3-2-4-16(9-14)26-20-25-13-24-19(27-20)15-5-6-21-17(10-15)22-7-8-23-18(29)12-28;3-2(4,5)1(6)7/h2-6,9-10,13H,7-8,11-12H2,1H3,(H,21,22)(H,23,29)(H,24,25,26,27);(H,6,7). The summed E-state index contributed by atoms with van der Waals surface area (Å²) in [5, 5.41) is 16.5. The van der Waals surface area contributed by atoms with E-state index in [1.165, 1.54) is 6.33 Å². The Balaban J connectivity index is 0.000000454. The lowest BCUT2D eigenvalue weighted by Gasteiger charge is -2.17. The van der Waals surface area contributed by atoms with E-state index in [0.717, 1.165) is 16.8 Å². The molecule has 1 aromatic carbocycles. The molecule has 0 saturated carbocycles. The van der Waals surface area contributed by atoms with Crippen molar-refractivity contribution in [1.29, 1.82) is 0 Å². The molecule has 3 heterocycles. The molecular formula is C22H23F3N8O3. The number of aromatic nitrogens is 4. The summed E-state index contributed by atoms with van der Waals surface area (Å²) in [5.74, 6) is -1.06. The maximum Gasteiger partial charge on any atom is 0.490 e. The van der Waals surface area contributed by atoms with Crippen LogP contribution in [0.4, 0.5) is 30.6 Å². The van der Waals surface area contributed by atoms with E-state index in [1.54, 1.807) is 6.20 Å². The molecule has 6 bridgehead atoms. The molecule has 11 nitrogen and oxygen atoms in total. The van der Waals surface area contributed by atoms with Crippen molar-refractivity contribution >= 4 is 29.3 Å². The summed E-state index contributed by atoms with van der Waals surface area (Å²) >= 11 is 0. The number of likely N-dealkylation sites (N-methyl/N-ethyl adjacent to an activating group) is 1. The predicted octanol–water partition coefficient (Wildman–Crippen LogP) is 2.28. The fourth-order valence-electron chi connectivity index (χ4n) is 3.10. The van der Waals surface area contributed by atoms with Crippen LogP contribution in [0, 0.1) is 0 Å². The highest BCUT2D eigenvalue weighted by atomic mass is 19.4. The van der Waals surface area contributed by atoms with Crippen molar-refractivity contribution in [3.05, 3.63) is 54.5 Å². The molecule has 0 saturated heterocycles. The van der Waals surface area contributed by atoms with Gasteiger partial charge >= 0.3 is 12.1 Å². The van der Waals surface area contributed by atoms with Gasteiger partial charge in [-0.3, -0.25) is 9.69 Å². The number of hydrogen-bond acceptors (Lipinski definition) is 9. The quantitative estimate of drug-likeness (QED) is 0.360. The number of nitrogens with zero attached hydrogens (tertiary/aromatic N) is 5. The summed E-state index contributed by atoms with van der Waals surface area (Å²) in [5.41, 5.74) is 2.78. The molecule has 36 heavy (non-hydrogen) atoms. The molecule has 0 aliphatic carbocycles. The Hall–Kier alpha value is -4.33. The highest BCUT2D eigenvalue weighted by Crippen LogP contribution is 2.20. The summed E-state index contributed by atoms with van der Waals surface area (Å²) < 4.78 is 31.7. The highest BCUT2D eigenvalue weighted by Gasteiger charge is 2.38. The van der Waals surface area contributed by atoms with Crippen LogP contribution in [0.15, 0.2) is 48.9 Å². The number of carboxylic acid groups (broad SMARTS) is 1. The van der Waals surface area contributed by atoms with Gasteiger partial charge in [0, 0.05) is 37.1 Å². The number of benzene rings is 1. The zero-order valence-corrected chi connectivity index (χ0v) is 19.1. The molecule has 1 aliphatic heterocycles. The Morgan fingerprint density at radius 1 is 1.06 bits per heavy atom. The van der Waals surface area contributed by atoms with Crippen molar-refractivity contribution in [1.82, 2.24) is 30.2 Å². The van der Waals surface area contributed by atoms with Crippen LogP contribution in [0.1, 0.15) is 5.56 Å². The van der Waals surface area contributed by atoms with Gasteiger partial charge in [-0.1, -0.05) is 12.1 Å². The Kier molecular flexibility index (Phi) is 8.67. The number of carboxylic acids is 1. The molecule has 0 spiro atoms. The van der Waals surface area contributed by atoms with Gasteiger partial charge in [-0.15, -0.1) is 0 Å². The smallest absolute Gasteiger partial charge is 0.475 e. The van der Waals surface area contributed by atoms with Gasteiger partial charge in [0.1, 0.15) is 12.1 Å². The number of halogens is 3. The van der Waals surface area contributed by atoms with Crippen LogP contribution in [-0.4, -0.2) is 74.7 Å². The Morgan fingerprint density at radius 2 is 1.81 bits per heavy atom. The first-order valence-electron chi connectivity index (χ1n) is 10.6. The van der Waals surface area contributed by atoms with Gasteiger partial charge in [-0.2, -0.15) is 18.2 Å². The lowest BCUT2D eigenvalue weighted by Crippen LogP contribution is -2.37. The number of hydrogen-bond donors (Lipinski definition) is 4. The second-order valence-corrected chi connectivity index (χ2v) is 7.64. The average molecular weight is 504 g/mol.